The fourth-order valence-electron chi connectivity index (χ4n) is 2.17. The Labute approximate surface area is 131 Å². The van der Waals surface area contributed by atoms with E-state index in [4.69, 9.17) is 4.74 Å². The number of aromatic nitrogens is 1. The standard InChI is InChI=1S/C18H22N2O2/c1-13(2)22-17-7-6-15(11-14(17)3)8-10-20-18(21)16-5-4-9-19-12-16/h4-7,9,11-13H,8,10H2,1-3H3,(H,20,21). The van der Waals surface area contributed by atoms with E-state index >= 15 is 0 Å². The van der Waals surface area contributed by atoms with Crippen molar-refractivity contribution in [2.24, 2.45) is 0 Å². The molecule has 0 aliphatic carbocycles. The van der Waals surface area contributed by atoms with Crippen LogP contribution in [0.4, 0.5) is 0 Å². The molecule has 0 fully saturated rings. The van der Waals surface area contributed by atoms with E-state index in [1.807, 2.05) is 32.9 Å². The zero-order valence-corrected chi connectivity index (χ0v) is 13.3. The number of nitrogens with zero attached hydrogens (tertiary/aromatic N) is 1. The molecular weight excluding hydrogens is 276 g/mol. The molecule has 0 spiro atoms. The summed E-state index contributed by atoms with van der Waals surface area (Å²) in [4.78, 5) is 15.8. The number of pyridine rings is 1. The lowest BCUT2D eigenvalue weighted by molar-refractivity contribution is 0.0953. The van der Waals surface area contributed by atoms with E-state index in [9.17, 15) is 4.79 Å². The Morgan fingerprint density at radius 2 is 2.14 bits per heavy atom. The van der Waals surface area contributed by atoms with Crippen LogP contribution in [0.5, 0.6) is 5.75 Å². The SMILES string of the molecule is Cc1cc(CCNC(=O)c2cccnc2)ccc1OC(C)C. The third-order valence-electron chi connectivity index (χ3n) is 3.22. The van der Waals surface area contributed by atoms with Crippen molar-refractivity contribution >= 4 is 5.91 Å². The molecule has 2 aromatic rings. The van der Waals surface area contributed by atoms with Crippen LogP contribution in [0, 0.1) is 6.92 Å². The van der Waals surface area contributed by atoms with Crippen LogP contribution in [0.1, 0.15) is 35.3 Å². The highest BCUT2D eigenvalue weighted by Gasteiger charge is 2.06. The zero-order valence-electron chi connectivity index (χ0n) is 13.3. The van der Waals surface area contributed by atoms with Gasteiger partial charge in [0.2, 0.25) is 0 Å². The maximum atomic E-state index is 11.9. The lowest BCUT2D eigenvalue weighted by Gasteiger charge is -2.13. The summed E-state index contributed by atoms with van der Waals surface area (Å²) in [5.74, 6) is 0.822. The summed E-state index contributed by atoms with van der Waals surface area (Å²) in [7, 11) is 0. The summed E-state index contributed by atoms with van der Waals surface area (Å²) >= 11 is 0. The Balaban J connectivity index is 1.87. The second-order valence-electron chi connectivity index (χ2n) is 5.51. The Bertz CT molecular complexity index is 624. The second kappa shape index (κ2) is 7.59. The van der Waals surface area contributed by atoms with Crippen LogP contribution in [0.2, 0.25) is 0 Å². The number of hydrogen-bond donors (Lipinski definition) is 1. The van der Waals surface area contributed by atoms with E-state index in [0.29, 0.717) is 12.1 Å². The number of carbonyl (C=O) groups is 1. The van der Waals surface area contributed by atoms with Crippen LogP contribution in [-0.2, 0) is 6.42 Å². The van der Waals surface area contributed by atoms with E-state index in [1.54, 1.807) is 24.5 Å². The molecule has 0 saturated heterocycles. The predicted molar refractivity (Wildman–Crippen MR) is 87.2 cm³/mol. The highest BCUT2D eigenvalue weighted by molar-refractivity contribution is 5.93. The van der Waals surface area contributed by atoms with Gasteiger partial charge in [-0.05, 0) is 56.5 Å². The van der Waals surface area contributed by atoms with Gasteiger partial charge in [0.25, 0.3) is 5.91 Å². The Morgan fingerprint density at radius 1 is 1.32 bits per heavy atom. The van der Waals surface area contributed by atoms with Crippen LogP contribution in [0.3, 0.4) is 0 Å². The molecule has 4 nitrogen and oxygen atoms in total. The molecule has 0 unspecified atom stereocenters. The van der Waals surface area contributed by atoms with Gasteiger partial charge in [-0.2, -0.15) is 0 Å². The minimum absolute atomic E-state index is 0.0930. The van der Waals surface area contributed by atoms with Gasteiger partial charge < -0.3 is 10.1 Å². The van der Waals surface area contributed by atoms with Gasteiger partial charge in [0.1, 0.15) is 5.75 Å². The summed E-state index contributed by atoms with van der Waals surface area (Å²) in [6, 6.07) is 9.65. The molecule has 116 valence electrons. The Morgan fingerprint density at radius 3 is 2.77 bits per heavy atom. The van der Waals surface area contributed by atoms with Gasteiger partial charge in [-0.1, -0.05) is 12.1 Å². The largest absolute Gasteiger partial charge is 0.491 e. The predicted octanol–water partition coefficient (Wildman–Crippen LogP) is 3.15. The number of hydrogen-bond acceptors (Lipinski definition) is 3. The minimum Gasteiger partial charge on any atom is -0.491 e. The number of carbonyl (C=O) groups excluding carboxylic acids is 1. The first kappa shape index (κ1) is 16.0. The third kappa shape index (κ3) is 4.58. The van der Waals surface area contributed by atoms with Crippen LogP contribution in [-0.4, -0.2) is 23.5 Å². The van der Waals surface area contributed by atoms with Crippen molar-refractivity contribution in [3.8, 4) is 5.75 Å². The van der Waals surface area contributed by atoms with Gasteiger partial charge in [-0.3, -0.25) is 9.78 Å². The normalized spacial score (nSPS) is 10.5. The summed E-state index contributed by atoms with van der Waals surface area (Å²) in [5, 5.41) is 2.90. The highest BCUT2D eigenvalue weighted by atomic mass is 16.5. The fraction of sp³-hybridized carbons (Fsp3) is 0.333. The maximum Gasteiger partial charge on any atom is 0.252 e. The van der Waals surface area contributed by atoms with Crippen LogP contribution < -0.4 is 10.1 Å². The van der Waals surface area contributed by atoms with Crippen molar-refractivity contribution in [3.63, 3.8) is 0 Å². The van der Waals surface area contributed by atoms with Crippen molar-refractivity contribution in [1.82, 2.24) is 10.3 Å². The first-order chi connectivity index (χ1) is 10.6. The molecule has 22 heavy (non-hydrogen) atoms. The van der Waals surface area contributed by atoms with Crippen LogP contribution in [0.15, 0.2) is 42.7 Å². The number of ether oxygens (including phenoxy) is 1. The van der Waals surface area contributed by atoms with Gasteiger partial charge in [-0.15, -0.1) is 0 Å². The molecule has 0 aliphatic rings. The number of benzene rings is 1. The van der Waals surface area contributed by atoms with E-state index in [0.717, 1.165) is 17.7 Å². The molecule has 4 heteroatoms. The van der Waals surface area contributed by atoms with Crippen molar-refractivity contribution in [3.05, 3.63) is 59.4 Å². The lowest BCUT2D eigenvalue weighted by Crippen LogP contribution is -2.25. The molecule has 1 aromatic heterocycles. The molecule has 0 atom stereocenters. The quantitative estimate of drug-likeness (QED) is 0.891. The maximum absolute atomic E-state index is 11.9. The van der Waals surface area contributed by atoms with E-state index < -0.39 is 0 Å². The van der Waals surface area contributed by atoms with Gasteiger partial charge in [0.05, 0.1) is 11.7 Å². The molecule has 1 heterocycles. The summed E-state index contributed by atoms with van der Waals surface area (Å²) in [5.41, 5.74) is 2.88. The molecule has 1 N–H and O–H groups in total. The van der Waals surface area contributed by atoms with Crippen molar-refractivity contribution in [2.45, 2.75) is 33.3 Å². The first-order valence-corrected chi connectivity index (χ1v) is 7.50. The molecule has 1 aromatic carbocycles. The second-order valence-corrected chi connectivity index (χ2v) is 5.51. The molecule has 2 rings (SSSR count). The van der Waals surface area contributed by atoms with E-state index in [2.05, 4.69) is 16.4 Å². The van der Waals surface area contributed by atoms with Gasteiger partial charge in [-0.25, -0.2) is 0 Å². The number of nitrogens with one attached hydrogen (secondary N) is 1. The molecule has 1 amide bonds. The molecule has 0 bridgehead atoms. The lowest BCUT2D eigenvalue weighted by atomic mass is 10.1. The zero-order chi connectivity index (χ0) is 15.9. The van der Waals surface area contributed by atoms with Crippen molar-refractivity contribution in [2.75, 3.05) is 6.54 Å². The summed E-state index contributed by atoms with van der Waals surface area (Å²) in [6.45, 7) is 6.66. The van der Waals surface area contributed by atoms with Crippen molar-refractivity contribution < 1.29 is 9.53 Å². The first-order valence-electron chi connectivity index (χ1n) is 7.50. The molecule has 0 aliphatic heterocycles. The average Bonchev–Trinajstić information content (AvgIpc) is 2.50. The number of rotatable bonds is 6. The van der Waals surface area contributed by atoms with E-state index in [-0.39, 0.29) is 12.0 Å². The monoisotopic (exact) mass is 298 g/mol. The average molecular weight is 298 g/mol. The van der Waals surface area contributed by atoms with Crippen molar-refractivity contribution in [1.29, 1.82) is 0 Å². The summed E-state index contributed by atoms with van der Waals surface area (Å²) in [6.07, 6.45) is 4.18. The smallest absolute Gasteiger partial charge is 0.252 e. The van der Waals surface area contributed by atoms with Crippen LogP contribution in [0.25, 0.3) is 0 Å². The summed E-state index contributed by atoms with van der Waals surface area (Å²) < 4.78 is 5.72. The van der Waals surface area contributed by atoms with Gasteiger partial charge >= 0.3 is 0 Å². The van der Waals surface area contributed by atoms with Gasteiger partial charge in [0.15, 0.2) is 0 Å². The Hall–Kier alpha value is -2.36. The van der Waals surface area contributed by atoms with Crippen LogP contribution >= 0.6 is 0 Å². The molecule has 0 saturated carbocycles. The molecule has 0 radical (unpaired) electrons. The van der Waals surface area contributed by atoms with Gasteiger partial charge in [0, 0.05) is 18.9 Å². The fourth-order valence-corrected chi connectivity index (χ4v) is 2.17. The number of aryl methyl sites for hydroxylation is 1. The number of amides is 1. The highest BCUT2D eigenvalue weighted by Crippen LogP contribution is 2.20. The topological polar surface area (TPSA) is 51.2 Å². The Kier molecular flexibility index (Phi) is 5.53. The molecular formula is C18H22N2O2. The van der Waals surface area contributed by atoms with E-state index in [1.165, 1.54) is 5.56 Å². The third-order valence-corrected chi connectivity index (χ3v) is 3.22. The minimum atomic E-state index is -0.0930.